The molecule has 0 saturated carbocycles. The normalized spacial score (nSPS) is 15.2. The summed E-state index contributed by atoms with van der Waals surface area (Å²) in [4.78, 5) is 16.7. The summed E-state index contributed by atoms with van der Waals surface area (Å²) in [6.45, 7) is 6.45. The van der Waals surface area contributed by atoms with Crippen molar-refractivity contribution in [3.8, 4) is 0 Å². The van der Waals surface area contributed by atoms with Crippen molar-refractivity contribution in [1.29, 1.82) is 5.41 Å². The van der Waals surface area contributed by atoms with E-state index in [1.54, 1.807) is 4.90 Å². The summed E-state index contributed by atoms with van der Waals surface area (Å²) in [5, 5.41) is 12.2. The second-order valence-corrected chi connectivity index (χ2v) is 8.12. The van der Waals surface area contributed by atoms with E-state index in [-0.39, 0.29) is 17.7 Å². The van der Waals surface area contributed by atoms with Crippen molar-refractivity contribution in [2.45, 2.75) is 12.8 Å². The number of carbonyl (C=O) groups is 1. The molecule has 3 N–H and O–H groups in total. The first-order valence-corrected chi connectivity index (χ1v) is 11.1. The van der Waals surface area contributed by atoms with E-state index in [4.69, 9.17) is 20.4 Å². The average molecular weight is 448 g/mol. The Bertz CT molecular complexity index is 1090. The molecule has 172 valence electrons. The van der Waals surface area contributed by atoms with Crippen LogP contribution in [0.15, 0.2) is 65.2 Å². The van der Waals surface area contributed by atoms with Crippen molar-refractivity contribution in [2.75, 3.05) is 44.3 Å². The van der Waals surface area contributed by atoms with E-state index in [9.17, 15) is 4.79 Å². The highest BCUT2D eigenvalue weighted by molar-refractivity contribution is 6.09. The van der Waals surface area contributed by atoms with Gasteiger partial charge in [0.05, 0.1) is 18.9 Å². The van der Waals surface area contributed by atoms with Crippen LogP contribution in [0.25, 0.3) is 0 Å². The molecule has 3 aromatic rings. The number of morpholine rings is 1. The van der Waals surface area contributed by atoms with Gasteiger partial charge < -0.3 is 15.0 Å². The largest absolute Gasteiger partial charge is 0.379 e. The third kappa shape index (κ3) is 5.47. The summed E-state index contributed by atoms with van der Waals surface area (Å²) < 4.78 is 10.9. The van der Waals surface area contributed by atoms with E-state index in [1.165, 1.54) is 0 Å². The number of aromatic nitrogens is 1. The number of hydrogen-bond donors (Lipinski definition) is 2. The van der Waals surface area contributed by atoms with Gasteiger partial charge in [-0.05, 0) is 11.6 Å². The number of hydrogen-bond acceptors (Lipinski definition) is 6. The number of nitrogens with two attached hydrogens (primary N) is 1. The van der Waals surface area contributed by atoms with Gasteiger partial charge in [0.15, 0.2) is 11.7 Å². The molecule has 0 aliphatic carbocycles. The summed E-state index contributed by atoms with van der Waals surface area (Å²) in [5.41, 5.74) is 8.79. The van der Waals surface area contributed by atoms with Crippen molar-refractivity contribution in [2.24, 2.45) is 5.73 Å². The SMILES string of the molecule is CC(c1cccc(C(=O)c2ccccc2)c1)c1cc(N(CCN2CCOCC2)C(=N)N)on1. The lowest BCUT2D eigenvalue weighted by molar-refractivity contribution is 0.0394. The van der Waals surface area contributed by atoms with Crippen LogP contribution in [0.5, 0.6) is 0 Å². The lowest BCUT2D eigenvalue weighted by Gasteiger charge is -2.29. The quantitative estimate of drug-likeness (QED) is 0.310. The van der Waals surface area contributed by atoms with Crippen LogP contribution in [0.1, 0.15) is 40.0 Å². The summed E-state index contributed by atoms with van der Waals surface area (Å²) in [5.74, 6) is 0.235. The minimum absolute atomic E-state index is 0.0173. The summed E-state index contributed by atoms with van der Waals surface area (Å²) in [6.07, 6.45) is 0. The molecule has 1 aromatic heterocycles. The standard InChI is InChI=1S/C25H29N5O3/c1-18(20-8-5-9-21(16-20)24(31)19-6-3-2-4-7-19)22-17-23(33-28-22)30(25(26)27)11-10-29-12-14-32-15-13-29/h2-9,16-18H,10-15H2,1H3,(H3,26,27). The molecule has 1 aliphatic heterocycles. The minimum Gasteiger partial charge on any atom is -0.379 e. The smallest absolute Gasteiger partial charge is 0.234 e. The summed E-state index contributed by atoms with van der Waals surface area (Å²) in [7, 11) is 0. The molecular formula is C25H29N5O3. The zero-order valence-electron chi connectivity index (χ0n) is 18.7. The maximum atomic E-state index is 12.8. The highest BCUT2D eigenvalue weighted by Crippen LogP contribution is 2.28. The molecule has 2 heterocycles. The molecule has 0 spiro atoms. The van der Waals surface area contributed by atoms with E-state index < -0.39 is 0 Å². The second-order valence-electron chi connectivity index (χ2n) is 8.12. The first-order valence-electron chi connectivity index (χ1n) is 11.1. The number of benzene rings is 2. The molecule has 33 heavy (non-hydrogen) atoms. The zero-order chi connectivity index (χ0) is 23.2. The Kier molecular flexibility index (Phi) is 7.16. The molecule has 8 heteroatoms. The van der Waals surface area contributed by atoms with Gasteiger partial charge >= 0.3 is 0 Å². The number of rotatable bonds is 8. The van der Waals surface area contributed by atoms with Crippen LogP contribution in [0, 0.1) is 5.41 Å². The lowest BCUT2D eigenvalue weighted by atomic mass is 9.94. The van der Waals surface area contributed by atoms with Crippen LogP contribution in [-0.2, 0) is 4.74 Å². The fourth-order valence-corrected chi connectivity index (χ4v) is 3.90. The molecule has 2 aromatic carbocycles. The van der Waals surface area contributed by atoms with E-state index >= 15 is 0 Å². The molecule has 0 bridgehead atoms. The molecule has 1 fully saturated rings. The highest BCUT2D eigenvalue weighted by Gasteiger charge is 2.21. The van der Waals surface area contributed by atoms with Crippen LogP contribution in [0.3, 0.4) is 0 Å². The van der Waals surface area contributed by atoms with Crippen molar-refractivity contribution in [3.05, 3.63) is 83.0 Å². The Hall–Kier alpha value is -3.49. The van der Waals surface area contributed by atoms with Gasteiger partial charge in [-0.3, -0.25) is 20.0 Å². The van der Waals surface area contributed by atoms with Crippen molar-refractivity contribution >= 4 is 17.6 Å². The van der Waals surface area contributed by atoms with Crippen LogP contribution in [0.2, 0.25) is 0 Å². The maximum absolute atomic E-state index is 12.8. The molecule has 0 radical (unpaired) electrons. The van der Waals surface area contributed by atoms with Crippen LogP contribution < -0.4 is 10.6 Å². The van der Waals surface area contributed by atoms with Crippen molar-refractivity contribution in [3.63, 3.8) is 0 Å². The number of nitrogens with one attached hydrogen (secondary N) is 1. The third-order valence-electron chi connectivity index (χ3n) is 5.94. The van der Waals surface area contributed by atoms with Crippen LogP contribution in [0.4, 0.5) is 5.88 Å². The van der Waals surface area contributed by atoms with Crippen molar-refractivity contribution < 1.29 is 14.1 Å². The Morgan fingerprint density at radius 2 is 1.85 bits per heavy atom. The fraction of sp³-hybridized carbons (Fsp3) is 0.320. The predicted octanol–water partition coefficient (Wildman–Crippen LogP) is 3.09. The van der Waals surface area contributed by atoms with Gasteiger partial charge in [-0.1, -0.05) is 60.6 Å². The minimum atomic E-state index is -0.0981. The van der Waals surface area contributed by atoms with Crippen molar-refractivity contribution in [1.82, 2.24) is 10.1 Å². The maximum Gasteiger partial charge on any atom is 0.234 e. The molecule has 1 unspecified atom stereocenters. The van der Waals surface area contributed by atoms with Gasteiger partial charge in [-0.15, -0.1) is 0 Å². The number of carbonyl (C=O) groups excluding carboxylic acids is 1. The van der Waals surface area contributed by atoms with E-state index in [2.05, 4.69) is 10.1 Å². The van der Waals surface area contributed by atoms with Gasteiger partial charge in [-0.2, -0.15) is 0 Å². The molecule has 0 amide bonds. The number of anilines is 1. The number of nitrogens with zero attached hydrogens (tertiary/aromatic N) is 3. The summed E-state index contributed by atoms with van der Waals surface area (Å²) in [6, 6.07) is 18.6. The lowest BCUT2D eigenvalue weighted by Crippen LogP contribution is -2.45. The molecule has 1 saturated heterocycles. The number of guanidine groups is 1. The molecular weight excluding hydrogens is 418 g/mol. The first kappa shape index (κ1) is 22.7. The Morgan fingerprint density at radius 1 is 1.12 bits per heavy atom. The Morgan fingerprint density at radius 3 is 2.58 bits per heavy atom. The van der Waals surface area contributed by atoms with Crippen LogP contribution in [-0.4, -0.2) is 61.2 Å². The van der Waals surface area contributed by atoms with E-state index in [0.717, 1.165) is 38.4 Å². The fourth-order valence-electron chi connectivity index (χ4n) is 3.90. The first-order chi connectivity index (χ1) is 16.0. The summed E-state index contributed by atoms with van der Waals surface area (Å²) >= 11 is 0. The third-order valence-corrected chi connectivity index (χ3v) is 5.94. The number of ketones is 1. The van der Waals surface area contributed by atoms with Gasteiger partial charge in [-0.25, -0.2) is 0 Å². The molecule has 1 atom stereocenters. The second kappa shape index (κ2) is 10.4. The molecule has 4 rings (SSSR count). The topological polar surface area (TPSA) is 109 Å². The van der Waals surface area contributed by atoms with Crippen LogP contribution >= 0.6 is 0 Å². The van der Waals surface area contributed by atoms with Gasteiger partial charge in [0.2, 0.25) is 5.88 Å². The van der Waals surface area contributed by atoms with Gasteiger partial charge in [0.25, 0.3) is 0 Å². The van der Waals surface area contributed by atoms with E-state index in [0.29, 0.717) is 29.2 Å². The number of ether oxygens (including phenoxy) is 1. The van der Waals surface area contributed by atoms with E-state index in [1.807, 2.05) is 67.6 Å². The monoisotopic (exact) mass is 447 g/mol. The predicted molar refractivity (Wildman–Crippen MR) is 127 cm³/mol. The molecule has 8 nitrogen and oxygen atoms in total. The zero-order valence-corrected chi connectivity index (χ0v) is 18.7. The average Bonchev–Trinajstić information content (AvgIpc) is 3.34. The molecule has 1 aliphatic rings. The highest BCUT2D eigenvalue weighted by atomic mass is 16.5. The Labute approximate surface area is 193 Å². The van der Waals surface area contributed by atoms with Gasteiger partial charge in [0, 0.05) is 49.3 Å². The Balaban J connectivity index is 1.48. The van der Waals surface area contributed by atoms with Gasteiger partial charge in [0.1, 0.15) is 0 Å².